The summed E-state index contributed by atoms with van der Waals surface area (Å²) < 4.78 is 37.0. The molecule has 0 bridgehead atoms. The second-order valence-corrected chi connectivity index (χ2v) is 10.3. The minimum Gasteiger partial charge on any atom is -0.467 e. The molecule has 0 unspecified atom stereocenters. The fraction of sp³-hybridized carbons (Fsp3) is 0.360. The highest BCUT2D eigenvalue weighted by Crippen LogP contribution is 2.20. The fourth-order valence-electron chi connectivity index (χ4n) is 4.14. The number of esters is 1. The molecular weight excluding hydrogens is 470 g/mol. The normalized spacial score (nSPS) is 15.6. The third-order valence-electron chi connectivity index (χ3n) is 6.09. The third-order valence-corrected chi connectivity index (χ3v) is 8.00. The summed E-state index contributed by atoms with van der Waals surface area (Å²) in [4.78, 5) is 28.4. The van der Waals surface area contributed by atoms with Crippen LogP contribution in [0.5, 0.6) is 0 Å². The van der Waals surface area contributed by atoms with E-state index in [9.17, 15) is 18.0 Å². The fourth-order valence-corrected chi connectivity index (χ4v) is 5.55. The van der Waals surface area contributed by atoms with Gasteiger partial charge in [0.25, 0.3) is 0 Å². The number of amides is 1. The number of carbonyl (C=O) groups is 2. The number of aromatic amines is 1. The number of fused-ring (bicyclic) bond motifs is 1. The Kier molecular flexibility index (Phi) is 7.84. The number of hydrogen-bond donors (Lipinski definition) is 2. The van der Waals surface area contributed by atoms with E-state index in [0.717, 1.165) is 22.0 Å². The topological polar surface area (TPSA) is 118 Å². The quantitative estimate of drug-likeness (QED) is 0.435. The highest BCUT2D eigenvalue weighted by atomic mass is 32.2. The molecular formula is C25H29N3O6S. The Morgan fingerprint density at radius 2 is 1.83 bits per heavy atom. The second-order valence-electron chi connectivity index (χ2n) is 8.37. The summed E-state index contributed by atoms with van der Waals surface area (Å²) in [5.41, 5.74) is 2.69. The van der Waals surface area contributed by atoms with Crippen molar-refractivity contribution in [3.8, 4) is 0 Å². The number of nitrogens with zero attached hydrogens (tertiary/aromatic N) is 1. The molecule has 1 aliphatic rings. The third kappa shape index (κ3) is 5.90. The summed E-state index contributed by atoms with van der Waals surface area (Å²) in [7, 11) is -2.26. The standard InChI is InChI=1S/C25H29N3O6S/c1-33-25(30)23(16-19-17-26-22-5-3-2-4-21(19)22)27-24(29)11-8-18-6-9-20(10-7-18)35(31,32)28-12-14-34-15-13-28/h2-7,9-10,17,23,26H,8,11-16H2,1H3,(H,27,29)/t23-/m1/s1. The number of aromatic nitrogens is 1. The van der Waals surface area contributed by atoms with Crippen molar-refractivity contribution in [1.82, 2.24) is 14.6 Å². The zero-order valence-corrected chi connectivity index (χ0v) is 20.3. The van der Waals surface area contributed by atoms with E-state index in [1.165, 1.54) is 11.4 Å². The lowest BCUT2D eigenvalue weighted by atomic mass is 10.0. The van der Waals surface area contributed by atoms with Crippen LogP contribution < -0.4 is 5.32 Å². The van der Waals surface area contributed by atoms with E-state index < -0.39 is 22.0 Å². The Hall–Kier alpha value is -3.21. The van der Waals surface area contributed by atoms with Crippen LogP contribution in [0.15, 0.2) is 59.6 Å². The molecule has 9 nitrogen and oxygen atoms in total. The maximum Gasteiger partial charge on any atom is 0.328 e. The van der Waals surface area contributed by atoms with Gasteiger partial charge in [-0.15, -0.1) is 0 Å². The predicted octanol–water partition coefficient (Wildman–Crippen LogP) is 2.02. The van der Waals surface area contributed by atoms with E-state index in [1.54, 1.807) is 24.3 Å². The van der Waals surface area contributed by atoms with Gasteiger partial charge in [0.15, 0.2) is 0 Å². The number of benzene rings is 2. The first-order valence-electron chi connectivity index (χ1n) is 11.5. The molecule has 2 heterocycles. The van der Waals surface area contributed by atoms with E-state index in [4.69, 9.17) is 9.47 Å². The number of rotatable bonds is 9. The number of ether oxygens (including phenoxy) is 2. The molecule has 186 valence electrons. The highest BCUT2D eigenvalue weighted by Gasteiger charge is 2.26. The number of hydrogen-bond acceptors (Lipinski definition) is 6. The van der Waals surface area contributed by atoms with E-state index in [0.29, 0.717) is 39.1 Å². The minimum atomic E-state index is -3.56. The van der Waals surface area contributed by atoms with Crippen LogP contribution in [0.4, 0.5) is 0 Å². The van der Waals surface area contributed by atoms with Gasteiger partial charge >= 0.3 is 5.97 Å². The van der Waals surface area contributed by atoms with Gasteiger partial charge in [-0.25, -0.2) is 13.2 Å². The minimum absolute atomic E-state index is 0.150. The Labute approximate surface area is 204 Å². The lowest BCUT2D eigenvalue weighted by Gasteiger charge is -2.26. The Balaban J connectivity index is 1.35. The van der Waals surface area contributed by atoms with Gasteiger partial charge in [-0.3, -0.25) is 4.79 Å². The molecule has 0 saturated carbocycles. The van der Waals surface area contributed by atoms with Gasteiger partial charge in [0, 0.05) is 43.0 Å². The molecule has 4 rings (SSSR count). The lowest BCUT2D eigenvalue weighted by Crippen LogP contribution is -2.43. The first-order valence-corrected chi connectivity index (χ1v) is 12.9. The van der Waals surface area contributed by atoms with Crippen LogP contribution in [0.3, 0.4) is 0 Å². The van der Waals surface area contributed by atoms with E-state index >= 15 is 0 Å². The van der Waals surface area contributed by atoms with Gasteiger partial charge in [0.1, 0.15) is 6.04 Å². The van der Waals surface area contributed by atoms with Gasteiger partial charge in [-0.2, -0.15) is 4.31 Å². The summed E-state index contributed by atoms with van der Waals surface area (Å²) in [6.45, 7) is 1.45. The molecule has 2 N–H and O–H groups in total. The van der Waals surface area contributed by atoms with Gasteiger partial charge in [0.05, 0.1) is 25.2 Å². The van der Waals surface area contributed by atoms with Crippen molar-refractivity contribution in [3.63, 3.8) is 0 Å². The predicted molar refractivity (Wildman–Crippen MR) is 130 cm³/mol. The zero-order chi connectivity index (χ0) is 24.8. The first-order chi connectivity index (χ1) is 16.9. The summed E-state index contributed by atoms with van der Waals surface area (Å²) in [5, 5.41) is 3.77. The molecule has 1 aliphatic heterocycles. The molecule has 1 atom stereocenters. The number of nitrogens with one attached hydrogen (secondary N) is 2. The highest BCUT2D eigenvalue weighted by molar-refractivity contribution is 7.89. The molecule has 1 amide bonds. The van der Waals surface area contributed by atoms with Crippen molar-refractivity contribution >= 4 is 32.8 Å². The van der Waals surface area contributed by atoms with Crippen LogP contribution in [0.1, 0.15) is 17.5 Å². The smallest absolute Gasteiger partial charge is 0.328 e. The Morgan fingerprint density at radius 1 is 1.11 bits per heavy atom. The maximum atomic E-state index is 12.8. The number of H-pyrrole nitrogens is 1. The molecule has 0 spiro atoms. The van der Waals surface area contributed by atoms with E-state index in [2.05, 4.69) is 10.3 Å². The number of carbonyl (C=O) groups excluding carboxylic acids is 2. The van der Waals surface area contributed by atoms with Crippen molar-refractivity contribution in [2.75, 3.05) is 33.4 Å². The van der Waals surface area contributed by atoms with E-state index in [1.807, 2.05) is 30.5 Å². The second kappa shape index (κ2) is 11.0. The molecule has 0 aliphatic carbocycles. The first kappa shape index (κ1) is 24.9. The average Bonchev–Trinajstić information content (AvgIpc) is 3.30. The van der Waals surface area contributed by atoms with Crippen LogP contribution in [0.25, 0.3) is 10.9 Å². The zero-order valence-electron chi connectivity index (χ0n) is 19.5. The van der Waals surface area contributed by atoms with Crippen molar-refractivity contribution in [1.29, 1.82) is 0 Å². The molecule has 10 heteroatoms. The van der Waals surface area contributed by atoms with Crippen LogP contribution in [0.2, 0.25) is 0 Å². The van der Waals surface area contributed by atoms with Crippen molar-refractivity contribution in [2.24, 2.45) is 0 Å². The molecule has 0 radical (unpaired) electrons. The number of aryl methyl sites for hydroxylation is 1. The average molecular weight is 500 g/mol. The molecule has 2 aromatic carbocycles. The summed E-state index contributed by atoms with van der Waals surface area (Å²) >= 11 is 0. The Bertz CT molecular complexity index is 1280. The van der Waals surface area contributed by atoms with E-state index in [-0.39, 0.29) is 17.2 Å². The summed E-state index contributed by atoms with van der Waals surface area (Å²) in [6, 6.07) is 13.5. The molecule has 1 fully saturated rings. The number of sulfonamides is 1. The SMILES string of the molecule is COC(=O)[C@@H](Cc1c[nH]c2ccccc12)NC(=O)CCc1ccc(S(=O)(=O)N2CCOCC2)cc1. The number of morpholine rings is 1. The van der Waals surface area contributed by atoms with Gasteiger partial charge in [0.2, 0.25) is 15.9 Å². The largest absolute Gasteiger partial charge is 0.467 e. The summed E-state index contributed by atoms with van der Waals surface area (Å²) in [6.07, 6.45) is 2.69. The molecule has 3 aromatic rings. The van der Waals surface area contributed by atoms with Crippen LogP contribution in [-0.2, 0) is 41.9 Å². The number of para-hydroxylation sites is 1. The molecule has 35 heavy (non-hydrogen) atoms. The maximum absolute atomic E-state index is 12.8. The van der Waals surface area contributed by atoms with Crippen molar-refractivity contribution in [2.45, 2.75) is 30.2 Å². The van der Waals surface area contributed by atoms with Gasteiger partial charge < -0.3 is 19.8 Å². The van der Waals surface area contributed by atoms with Crippen molar-refractivity contribution < 1.29 is 27.5 Å². The van der Waals surface area contributed by atoms with Crippen molar-refractivity contribution in [3.05, 3.63) is 65.9 Å². The van der Waals surface area contributed by atoms with Gasteiger partial charge in [-0.1, -0.05) is 30.3 Å². The van der Waals surface area contributed by atoms with Crippen LogP contribution in [0, 0.1) is 0 Å². The Morgan fingerprint density at radius 3 is 2.54 bits per heavy atom. The van der Waals surface area contributed by atoms with Crippen LogP contribution >= 0.6 is 0 Å². The monoisotopic (exact) mass is 499 g/mol. The molecule has 1 saturated heterocycles. The summed E-state index contributed by atoms with van der Waals surface area (Å²) in [5.74, 6) is -0.799. The van der Waals surface area contributed by atoms with Crippen LogP contribution in [-0.4, -0.2) is 69.0 Å². The van der Waals surface area contributed by atoms with Gasteiger partial charge in [-0.05, 0) is 35.7 Å². The number of methoxy groups -OCH3 is 1. The lowest BCUT2D eigenvalue weighted by molar-refractivity contribution is -0.145. The molecule has 1 aromatic heterocycles.